The van der Waals surface area contributed by atoms with E-state index in [-0.39, 0.29) is 43.3 Å². The maximum atomic E-state index is 4.50. The maximum Gasteiger partial charge on any atom is 0.252 e. The van der Waals surface area contributed by atoms with Gasteiger partial charge in [-0.2, -0.15) is 15.2 Å². The molecule has 1 N–H and O–H groups in total. The van der Waals surface area contributed by atoms with E-state index in [1.54, 1.807) is 53.5 Å². The average molecular weight is 1550 g/mol. The molecule has 0 spiro atoms. The van der Waals surface area contributed by atoms with E-state index in [1.165, 1.54) is 44.9 Å². The molecule has 27 nitrogen and oxygen atoms in total. The number of aromatic nitrogens is 26. The zero-order valence-corrected chi connectivity index (χ0v) is 74.1. The minimum absolute atomic E-state index is 0.000301. The monoisotopic (exact) mass is 1540 g/mol. The van der Waals surface area contributed by atoms with E-state index < -0.39 is 0 Å². The summed E-state index contributed by atoms with van der Waals surface area (Å²) in [7, 11) is 9.91. The molecule has 27 heteroatoms. The van der Waals surface area contributed by atoms with Crippen LogP contribution in [0.1, 0.15) is 246 Å². The van der Waals surface area contributed by atoms with Gasteiger partial charge >= 0.3 is 0 Å². The van der Waals surface area contributed by atoms with Crippen molar-refractivity contribution in [2.24, 2.45) is 40.2 Å². The summed E-state index contributed by atoms with van der Waals surface area (Å²) in [4.78, 5) is 80.7. The van der Waals surface area contributed by atoms with Crippen LogP contribution in [0.25, 0.3) is 72.1 Å². The molecule has 0 unspecified atom stereocenters. The number of fused-ring (bicyclic) bond motifs is 8. The van der Waals surface area contributed by atoms with Crippen molar-refractivity contribution in [2.75, 3.05) is 0 Å². The van der Waals surface area contributed by atoms with Crippen molar-refractivity contribution in [2.45, 2.75) is 251 Å². The number of hydrogen-bond acceptors (Lipinski definition) is 20. The Balaban J connectivity index is 0.000000149. The highest BCUT2D eigenvalue weighted by Gasteiger charge is 2.29. The minimum Gasteiger partial charge on any atom is -0.346 e. The molecule has 0 aromatic carbocycles. The molecule has 0 aliphatic carbocycles. The third-order valence-corrected chi connectivity index (χ3v) is 19.1. The maximum absolute atomic E-state index is 4.50. The zero-order chi connectivity index (χ0) is 84.5. The second-order valence-corrected chi connectivity index (χ2v) is 37.6. The molecule has 1 aliphatic heterocycles. The number of nitrogens with zero attached hydrogens (tertiary/aromatic N) is 26. The fourth-order valence-corrected chi connectivity index (χ4v) is 13.4. The lowest BCUT2D eigenvalue weighted by Gasteiger charge is -2.19. The number of aryl methyl sites for hydroxylation is 10. The molecule has 0 bridgehead atoms. The number of rotatable bonds is 0. The summed E-state index contributed by atoms with van der Waals surface area (Å²) >= 11 is 0. The number of aromatic amines is 1. The van der Waals surface area contributed by atoms with Gasteiger partial charge in [0.1, 0.15) is 78.2 Å². The van der Waals surface area contributed by atoms with Crippen LogP contribution in [-0.4, -0.2) is 134 Å². The number of H-pyrrole nitrogens is 1. The summed E-state index contributed by atoms with van der Waals surface area (Å²) in [5, 5.41) is 14.1. The Morgan fingerprint density at radius 2 is 0.904 bits per heavy atom. The fourth-order valence-electron chi connectivity index (χ4n) is 13.4. The molecule has 16 rings (SSSR count). The third-order valence-electron chi connectivity index (χ3n) is 19.1. The summed E-state index contributed by atoms with van der Waals surface area (Å²) in [6.45, 7) is 62.1. The third kappa shape index (κ3) is 19.9. The predicted molar refractivity (Wildman–Crippen MR) is 460 cm³/mol. The van der Waals surface area contributed by atoms with Crippen LogP contribution in [0.15, 0.2) is 98.6 Å². The first-order chi connectivity index (χ1) is 52.8. The number of nitrogens with one attached hydrogen (secondary N) is 1. The van der Waals surface area contributed by atoms with Crippen LogP contribution in [0.2, 0.25) is 0 Å². The zero-order valence-electron chi connectivity index (χ0n) is 74.1. The molecule has 15 aromatic heterocycles. The Morgan fingerprint density at radius 1 is 0.395 bits per heavy atom. The van der Waals surface area contributed by atoms with Crippen molar-refractivity contribution in [1.29, 1.82) is 0 Å². The first-order valence-corrected chi connectivity index (χ1v) is 38.7. The van der Waals surface area contributed by atoms with Crippen molar-refractivity contribution in [1.82, 2.24) is 127 Å². The van der Waals surface area contributed by atoms with Gasteiger partial charge in [-0.05, 0) is 63.9 Å². The molecule has 15 aromatic rings. The van der Waals surface area contributed by atoms with Crippen LogP contribution in [0.4, 0.5) is 5.82 Å². The van der Waals surface area contributed by atoms with Gasteiger partial charge < -0.3 is 23.3 Å². The van der Waals surface area contributed by atoms with Gasteiger partial charge in [0.2, 0.25) is 0 Å². The van der Waals surface area contributed by atoms with E-state index >= 15 is 0 Å². The van der Waals surface area contributed by atoms with E-state index in [4.69, 9.17) is 0 Å². The Morgan fingerprint density at radius 3 is 1.48 bits per heavy atom. The summed E-state index contributed by atoms with van der Waals surface area (Å²) < 4.78 is 11.7. The molecule has 16 heterocycles. The molecule has 1 aliphatic rings. The van der Waals surface area contributed by atoms with E-state index in [0.717, 1.165) is 119 Å². The number of hydrogen-bond donors (Lipinski definition) is 1. The minimum atomic E-state index is 0.000301. The van der Waals surface area contributed by atoms with E-state index in [2.05, 4.69) is 325 Å². The first-order valence-electron chi connectivity index (χ1n) is 38.7. The molecular weight excluding hydrogens is 1420 g/mol. The normalized spacial score (nSPS) is 12.6. The highest BCUT2D eigenvalue weighted by molar-refractivity contribution is 5.85. The SMILES string of the molecule is CC(C)(C)c1ncnc2c1CC=N2.Cc1c[nH]c2ncnc(C(C)(C)C)c12.Cc1cc(C(C)(C)C)n2ncnc2n1.Cc1cc2c(C(C)(C)C)ncnc2n1C.Cc1cn(C)c2ncnc(C(C)(C)C)c12.Cc1nc(C(C)(C)C)c2ncn(C)c2n1.Cn1ccc2c(C(C)(C)C)ncnc21.Cn1ncc2c(C(C)(C)C)ncnc21. The van der Waals surface area contributed by atoms with Crippen molar-refractivity contribution in [3.8, 4) is 0 Å². The summed E-state index contributed by atoms with van der Waals surface area (Å²) in [5.41, 5.74) is 21.8. The molecule has 114 heavy (non-hydrogen) atoms. The Hall–Kier alpha value is -11.1. The van der Waals surface area contributed by atoms with Gasteiger partial charge in [-0.1, -0.05) is 166 Å². The predicted octanol–water partition coefficient (Wildman–Crippen LogP) is 17.4. The largest absolute Gasteiger partial charge is 0.346 e. The van der Waals surface area contributed by atoms with Crippen molar-refractivity contribution in [3.05, 3.63) is 173 Å². The number of imidazole rings is 1. The van der Waals surface area contributed by atoms with Gasteiger partial charge in [0.15, 0.2) is 17.1 Å². The standard InChI is InChI=1S/2C12H17N3.C11H16N4.2C11H15N3.2C10H14N4.C10H13N3/c1-8-6-15(5)11-9(8)10(12(2,3)4)13-7-14-11;1-8-6-9-10(12(2,3)4)13-7-14-11(9)15(8)5;1-7-13-9(11(2,3)4)8-10(14-7)15(5)6-12-8;1-7-5-12-10-8(7)9(11(2,3)4)13-6-14-10;1-11(2,3)9-8-5-6-14(4)10(8)13-7-12-9;1-10(2,3)8-7-5-13-14(4)9(7)12-6-11-8;1-7-5-8(10(2,3)4)14-9(13-7)11-6-12-14;1-10(2,3)8-7-4-5-11-9(7)13-6-12-8/h2*6-7H,1-5H3;6H,1-5H3;5-6H,1-4H3,(H,12,13,14);5-7H,1-4H3;2*5-6H,1-4H3;5-6H,4H2,1-3H3. The second-order valence-electron chi connectivity index (χ2n) is 37.6. The van der Waals surface area contributed by atoms with E-state index in [9.17, 15) is 0 Å². The van der Waals surface area contributed by atoms with Gasteiger partial charge in [0, 0.05) is 148 Å². The van der Waals surface area contributed by atoms with Crippen LogP contribution in [-0.2, 0) is 85.0 Å². The highest BCUT2D eigenvalue weighted by Crippen LogP contribution is 2.35. The molecule has 0 saturated heterocycles. The van der Waals surface area contributed by atoms with Gasteiger partial charge in [0.05, 0.1) is 63.5 Å². The molecule has 604 valence electrons. The van der Waals surface area contributed by atoms with Crippen LogP contribution in [0.5, 0.6) is 0 Å². The van der Waals surface area contributed by atoms with Gasteiger partial charge in [-0.15, -0.1) is 0 Å². The second kappa shape index (κ2) is 33.1. The molecule has 0 atom stereocenters. The molecular formula is C87H121N27. The van der Waals surface area contributed by atoms with Crippen LogP contribution in [0, 0.1) is 34.6 Å². The van der Waals surface area contributed by atoms with Crippen molar-refractivity contribution < 1.29 is 0 Å². The molecule has 0 saturated carbocycles. The van der Waals surface area contributed by atoms with Crippen LogP contribution in [0.3, 0.4) is 0 Å². The van der Waals surface area contributed by atoms with Crippen LogP contribution < -0.4 is 0 Å². The summed E-state index contributed by atoms with van der Waals surface area (Å²) in [5.74, 6) is 2.32. The van der Waals surface area contributed by atoms with Crippen molar-refractivity contribution in [3.63, 3.8) is 0 Å². The Labute approximate surface area is 671 Å². The quantitative estimate of drug-likeness (QED) is 0.147. The summed E-state index contributed by atoms with van der Waals surface area (Å²) in [6, 6.07) is 6.30. The smallest absolute Gasteiger partial charge is 0.252 e. The lowest BCUT2D eigenvalue weighted by Crippen LogP contribution is -2.18. The summed E-state index contributed by atoms with van der Waals surface area (Å²) in [6.07, 6.45) is 23.8. The number of aliphatic imine (C=N–C) groups is 1. The average Bonchev–Trinajstić information content (AvgIpc) is 1.11. The molecule has 0 amide bonds. The van der Waals surface area contributed by atoms with Crippen LogP contribution >= 0.6 is 0 Å². The Bertz CT molecular complexity index is 5770. The van der Waals surface area contributed by atoms with E-state index in [0.29, 0.717) is 5.78 Å². The highest BCUT2D eigenvalue weighted by atomic mass is 15.3. The van der Waals surface area contributed by atoms with Gasteiger partial charge in [0.25, 0.3) is 5.78 Å². The lowest BCUT2D eigenvalue weighted by molar-refractivity contribution is 0.545. The first kappa shape index (κ1) is 86.9. The molecule has 0 radical (unpaired) electrons. The van der Waals surface area contributed by atoms with Gasteiger partial charge in [-0.25, -0.2) is 89.3 Å². The fraction of sp³-hybridized carbons (Fsp3) is 0.494. The van der Waals surface area contributed by atoms with Crippen molar-refractivity contribution >= 4 is 84.1 Å². The van der Waals surface area contributed by atoms with Gasteiger partial charge in [-0.3, -0.25) is 4.68 Å². The van der Waals surface area contributed by atoms with E-state index in [1.807, 2.05) is 83.0 Å². The molecule has 0 fully saturated rings. The lowest BCUT2D eigenvalue weighted by atomic mass is 9.88. The topological polar surface area (TPSA) is 302 Å². The Kier molecular flexibility index (Phi) is 25.2.